The zero-order chi connectivity index (χ0) is 19.8. The fourth-order valence-corrected chi connectivity index (χ4v) is 4.48. The number of benzene rings is 1. The lowest BCUT2D eigenvalue weighted by molar-refractivity contribution is -0.111. The summed E-state index contributed by atoms with van der Waals surface area (Å²) in [6.45, 7) is 5.13. The van der Waals surface area contributed by atoms with Gasteiger partial charge in [0.15, 0.2) is 0 Å². The Balaban J connectivity index is 0.000000236. The van der Waals surface area contributed by atoms with Crippen molar-refractivity contribution in [2.24, 2.45) is 5.92 Å². The molecule has 1 aromatic heterocycles. The summed E-state index contributed by atoms with van der Waals surface area (Å²) in [5, 5.41) is 6.76. The molecule has 2 N–H and O–H groups in total. The number of hydrogen-bond acceptors (Lipinski definition) is 6. The van der Waals surface area contributed by atoms with Gasteiger partial charge < -0.3 is 15.4 Å². The first-order chi connectivity index (χ1) is 13.7. The zero-order valence-corrected chi connectivity index (χ0v) is 17.5. The molecular formula is C22H30N4OS. The van der Waals surface area contributed by atoms with Crippen LogP contribution >= 0.6 is 11.8 Å². The Bertz CT molecular complexity index is 749. The highest BCUT2D eigenvalue weighted by atomic mass is 32.2. The molecule has 28 heavy (non-hydrogen) atoms. The van der Waals surface area contributed by atoms with Gasteiger partial charge in [0.05, 0.1) is 0 Å². The lowest BCUT2D eigenvalue weighted by atomic mass is 10.0. The van der Waals surface area contributed by atoms with Crippen LogP contribution in [0.1, 0.15) is 30.9 Å². The third-order valence-corrected chi connectivity index (χ3v) is 6.40. The van der Waals surface area contributed by atoms with Crippen LogP contribution in [-0.2, 0) is 17.8 Å². The van der Waals surface area contributed by atoms with Crippen molar-refractivity contribution in [1.82, 2.24) is 15.2 Å². The molecule has 0 spiro atoms. The Morgan fingerprint density at radius 3 is 2.71 bits per heavy atom. The molecule has 0 bridgehead atoms. The SMILES string of the molecule is CCc1ccc2c(c1)SC(N(C)Cc1cccnc1)N2.O=CC1CCNCC1. The molecule has 6 heteroatoms. The van der Waals surface area contributed by atoms with Gasteiger partial charge in [-0.3, -0.25) is 9.88 Å². The Hall–Kier alpha value is -1.89. The van der Waals surface area contributed by atoms with Crippen molar-refractivity contribution >= 4 is 23.7 Å². The first-order valence-electron chi connectivity index (χ1n) is 10.0. The quantitative estimate of drug-likeness (QED) is 0.748. The third-order valence-electron chi connectivity index (χ3n) is 5.10. The molecule has 0 amide bonds. The minimum Gasteiger partial charge on any atom is -0.360 e. The highest BCUT2D eigenvalue weighted by Crippen LogP contribution is 2.40. The van der Waals surface area contributed by atoms with E-state index in [0.29, 0.717) is 5.92 Å². The highest BCUT2D eigenvalue weighted by Gasteiger charge is 2.24. The number of fused-ring (bicyclic) bond motifs is 1. The molecule has 5 nitrogen and oxygen atoms in total. The van der Waals surface area contributed by atoms with Crippen molar-refractivity contribution in [1.29, 1.82) is 0 Å². The number of nitrogens with zero attached hydrogens (tertiary/aromatic N) is 2. The number of carbonyl (C=O) groups excluding carboxylic acids is 1. The second-order valence-electron chi connectivity index (χ2n) is 7.30. The molecule has 0 aliphatic carbocycles. The van der Waals surface area contributed by atoms with Gasteiger partial charge in [0, 0.05) is 35.4 Å². The van der Waals surface area contributed by atoms with Crippen LogP contribution < -0.4 is 10.6 Å². The maximum Gasteiger partial charge on any atom is 0.133 e. The summed E-state index contributed by atoms with van der Waals surface area (Å²) in [4.78, 5) is 18.0. The van der Waals surface area contributed by atoms with Gasteiger partial charge >= 0.3 is 0 Å². The molecule has 2 aliphatic heterocycles. The van der Waals surface area contributed by atoms with E-state index < -0.39 is 0 Å². The predicted molar refractivity (Wildman–Crippen MR) is 116 cm³/mol. The summed E-state index contributed by atoms with van der Waals surface area (Å²) in [5.41, 5.74) is 4.17. The Labute approximate surface area is 172 Å². The summed E-state index contributed by atoms with van der Waals surface area (Å²) >= 11 is 1.89. The number of rotatable bonds is 5. The Morgan fingerprint density at radius 1 is 1.25 bits per heavy atom. The van der Waals surface area contributed by atoms with Gasteiger partial charge in [-0.1, -0.05) is 30.8 Å². The van der Waals surface area contributed by atoms with Crippen LogP contribution in [-0.4, -0.2) is 41.8 Å². The number of hydrogen-bond donors (Lipinski definition) is 2. The van der Waals surface area contributed by atoms with Gasteiger partial charge in [-0.2, -0.15) is 0 Å². The monoisotopic (exact) mass is 398 g/mol. The number of aromatic nitrogens is 1. The van der Waals surface area contributed by atoms with Crippen LogP contribution in [0, 0.1) is 5.92 Å². The minimum atomic E-state index is 0.289. The van der Waals surface area contributed by atoms with Crippen LogP contribution in [0.3, 0.4) is 0 Å². The largest absolute Gasteiger partial charge is 0.360 e. The van der Waals surface area contributed by atoms with Gasteiger partial charge in [0.2, 0.25) is 0 Å². The van der Waals surface area contributed by atoms with E-state index in [2.05, 4.69) is 58.8 Å². The summed E-state index contributed by atoms with van der Waals surface area (Å²) in [6.07, 6.45) is 7.96. The topological polar surface area (TPSA) is 57.3 Å². The molecule has 1 unspecified atom stereocenters. The number of thioether (sulfide) groups is 1. The standard InChI is InChI=1S/C16H19N3S.C6H11NO/c1-3-12-6-7-14-15(9-12)20-16(18-14)19(2)11-13-5-4-8-17-10-13;8-5-6-1-3-7-4-2-6/h4-10,16,18H,3,11H2,1-2H3;5-7H,1-4H2. The molecule has 150 valence electrons. The molecule has 0 saturated carbocycles. The summed E-state index contributed by atoms with van der Waals surface area (Å²) in [5.74, 6) is 0.344. The van der Waals surface area contributed by atoms with E-state index >= 15 is 0 Å². The van der Waals surface area contributed by atoms with Crippen molar-refractivity contribution in [2.45, 2.75) is 43.1 Å². The number of aryl methyl sites for hydroxylation is 1. The number of aldehydes is 1. The van der Waals surface area contributed by atoms with Gasteiger partial charge in [-0.05, 0) is 68.7 Å². The van der Waals surface area contributed by atoms with E-state index in [0.717, 1.165) is 45.2 Å². The number of pyridine rings is 1. The molecule has 1 saturated heterocycles. The molecule has 4 rings (SSSR count). The lowest BCUT2D eigenvalue weighted by Gasteiger charge is -2.23. The van der Waals surface area contributed by atoms with Crippen LogP contribution in [0.15, 0.2) is 47.6 Å². The predicted octanol–water partition coefficient (Wildman–Crippen LogP) is 3.76. The zero-order valence-electron chi connectivity index (χ0n) is 16.7. The van der Waals surface area contributed by atoms with Gasteiger partial charge in [0.25, 0.3) is 0 Å². The normalized spacial score (nSPS) is 18.8. The van der Waals surface area contributed by atoms with Crippen molar-refractivity contribution in [3.8, 4) is 0 Å². The highest BCUT2D eigenvalue weighted by molar-refractivity contribution is 8.00. The lowest BCUT2D eigenvalue weighted by Crippen LogP contribution is -2.32. The minimum absolute atomic E-state index is 0.289. The molecule has 2 aromatic rings. The van der Waals surface area contributed by atoms with Crippen molar-refractivity contribution in [3.05, 3.63) is 53.9 Å². The maximum absolute atomic E-state index is 10.1. The van der Waals surface area contributed by atoms with Crippen LogP contribution in [0.5, 0.6) is 0 Å². The molecule has 0 radical (unpaired) electrons. The van der Waals surface area contributed by atoms with Gasteiger partial charge in [-0.15, -0.1) is 0 Å². The number of piperidine rings is 1. The maximum atomic E-state index is 10.1. The summed E-state index contributed by atoms with van der Waals surface area (Å²) < 4.78 is 0. The van der Waals surface area contributed by atoms with Gasteiger partial charge in [-0.25, -0.2) is 0 Å². The van der Waals surface area contributed by atoms with Crippen molar-refractivity contribution in [3.63, 3.8) is 0 Å². The molecular weight excluding hydrogens is 368 g/mol. The molecule has 2 aliphatic rings. The van der Waals surface area contributed by atoms with Crippen molar-refractivity contribution < 1.29 is 4.79 Å². The first-order valence-corrected chi connectivity index (χ1v) is 10.9. The van der Waals surface area contributed by atoms with E-state index in [9.17, 15) is 4.79 Å². The van der Waals surface area contributed by atoms with E-state index in [1.165, 1.54) is 21.7 Å². The van der Waals surface area contributed by atoms with Crippen molar-refractivity contribution in [2.75, 3.05) is 25.5 Å². The Kier molecular flexibility index (Phi) is 7.89. The molecule has 1 fully saturated rings. The van der Waals surface area contributed by atoms with E-state index in [4.69, 9.17) is 0 Å². The molecule has 1 aromatic carbocycles. The second-order valence-corrected chi connectivity index (χ2v) is 8.42. The smallest absolute Gasteiger partial charge is 0.133 e. The fraction of sp³-hybridized carbons (Fsp3) is 0.455. The molecule has 1 atom stereocenters. The number of anilines is 1. The first kappa shape index (κ1) is 20.8. The van der Waals surface area contributed by atoms with E-state index in [1.54, 1.807) is 0 Å². The van der Waals surface area contributed by atoms with Gasteiger partial charge in [0.1, 0.15) is 11.8 Å². The van der Waals surface area contributed by atoms with Crippen LogP contribution in [0.25, 0.3) is 0 Å². The summed E-state index contributed by atoms with van der Waals surface area (Å²) in [6, 6.07) is 10.8. The van der Waals surface area contributed by atoms with E-state index in [-0.39, 0.29) is 5.50 Å². The second kappa shape index (κ2) is 10.6. The number of carbonyl (C=O) groups is 1. The average molecular weight is 399 g/mol. The Morgan fingerprint density at radius 2 is 2.07 bits per heavy atom. The fourth-order valence-electron chi connectivity index (χ4n) is 3.33. The van der Waals surface area contributed by atoms with Crippen LogP contribution in [0.4, 0.5) is 5.69 Å². The number of nitrogens with one attached hydrogen (secondary N) is 2. The van der Waals surface area contributed by atoms with Crippen LogP contribution in [0.2, 0.25) is 0 Å². The molecule has 3 heterocycles. The average Bonchev–Trinajstić information content (AvgIpc) is 3.19. The summed E-state index contributed by atoms with van der Waals surface area (Å²) in [7, 11) is 2.14. The van der Waals surface area contributed by atoms with E-state index in [1.807, 2.05) is 30.2 Å². The third kappa shape index (κ3) is 5.80.